The lowest BCUT2D eigenvalue weighted by molar-refractivity contribution is 0.0465. The van der Waals surface area contributed by atoms with Gasteiger partial charge in [0.15, 0.2) is 0 Å². The van der Waals surface area contributed by atoms with Crippen molar-refractivity contribution in [2.24, 2.45) is 0 Å². The molecule has 156 valence electrons. The molecule has 1 fully saturated rings. The number of methoxy groups -OCH3 is 1. The number of ether oxygens (including phenoxy) is 2. The van der Waals surface area contributed by atoms with Gasteiger partial charge in [-0.15, -0.1) is 0 Å². The lowest BCUT2D eigenvalue weighted by Crippen LogP contribution is -2.32. The van der Waals surface area contributed by atoms with Gasteiger partial charge in [-0.25, -0.2) is 17.6 Å². The van der Waals surface area contributed by atoms with Gasteiger partial charge in [0.25, 0.3) is 0 Å². The van der Waals surface area contributed by atoms with Crippen LogP contribution >= 0.6 is 0 Å². The second-order valence-electron chi connectivity index (χ2n) is 6.85. The van der Waals surface area contributed by atoms with Crippen molar-refractivity contribution in [1.29, 1.82) is 0 Å². The highest BCUT2D eigenvalue weighted by atomic mass is 32.2. The minimum atomic E-state index is -3.73. The van der Waals surface area contributed by atoms with Crippen molar-refractivity contribution in [2.75, 3.05) is 20.2 Å². The van der Waals surface area contributed by atoms with E-state index in [2.05, 4.69) is 0 Å². The molecule has 1 saturated heterocycles. The summed E-state index contributed by atoms with van der Waals surface area (Å²) in [5, 5.41) is 0. The number of rotatable bonds is 6. The van der Waals surface area contributed by atoms with Crippen molar-refractivity contribution >= 4 is 16.0 Å². The van der Waals surface area contributed by atoms with Crippen LogP contribution in [0.5, 0.6) is 5.75 Å². The summed E-state index contributed by atoms with van der Waals surface area (Å²) < 4.78 is 51.6. The van der Waals surface area contributed by atoms with Crippen LogP contribution in [0.15, 0.2) is 47.4 Å². The molecule has 0 unspecified atom stereocenters. The molecule has 1 aliphatic rings. The van der Waals surface area contributed by atoms with E-state index in [0.717, 1.165) is 25.7 Å². The first kappa shape index (κ1) is 21.3. The number of halogens is 1. The van der Waals surface area contributed by atoms with Crippen LogP contribution in [0.2, 0.25) is 0 Å². The zero-order valence-corrected chi connectivity index (χ0v) is 17.1. The number of sulfonamides is 1. The molecule has 2 aromatic carbocycles. The highest BCUT2D eigenvalue weighted by Crippen LogP contribution is 2.27. The van der Waals surface area contributed by atoms with Crippen LogP contribution in [0, 0.1) is 5.82 Å². The van der Waals surface area contributed by atoms with Gasteiger partial charge in [0.1, 0.15) is 23.7 Å². The Morgan fingerprint density at radius 2 is 1.76 bits per heavy atom. The van der Waals surface area contributed by atoms with E-state index in [9.17, 15) is 17.6 Å². The lowest BCUT2D eigenvalue weighted by Gasteiger charge is -2.20. The number of esters is 1. The number of hydrogen-bond donors (Lipinski definition) is 0. The molecule has 3 rings (SSSR count). The molecule has 6 nitrogen and oxygen atoms in total. The van der Waals surface area contributed by atoms with Gasteiger partial charge in [0.2, 0.25) is 10.0 Å². The van der Waals surface area contributed by atoms with Crippen LogP contribution in [0.3, 0.4) is 0 Å². The summed E-state index contributed by atoms with van der Waals surface area (Å²) in [5.41, 5.74) is 0.216. The Balaban J connectivity index is 1.84. The molecule has 0 saturated carbocycles. The zero-order chi connectivity index (χ0) is 20.9. The van der Waals surface area contributed by atoms with E-state index in [1.54, 1.807) is 12.1 Å². The molecular weight excluding hydrogens is 397 g/mol. The van der Waals surface area contributed by atoms with Crippen molar-refractivity contribution in [3.8, 4) is 5.75 Å². The summed E-state index contributed by atoms with van der Waals surface area (Å²) in [6.45, 7) is 0.653. The van der Waals surface area contributed by atoms with Crippen molar-refractivity contribution in [1.82, 2.24) is 4.31 Å². The minimum Gasteiger partial charge on any atom is -0.496 e. The van der Waals surface area contributed by atoms with Gasteiger partial charge in [-0.2, -0.15) is 4.31 Å². The predicted octanol–water partition coefficient (Wildman–Crippen LogP) is 3.76. The van der Waals surface area contributed by atoms with Gasteiger partial charge >= 0.3 is 5.97 Å². The van der Waals surface area contributed by atoms with E-state index >= 15 is 0 Å². The molecule has 8 heteroatoms. The Hall–Kier alpha value is -2.45. The molecule has 0 radical (unpaired) electrons. The molecular formula is C21H24FNO5S. The third kappa shape index (κ3) is 4.94. The van der Waals surface area contributed by atoms with Crippen LogP contribution in [-0.4, -0.2) is 38.9 Å². The molecule has 0 N–H and O–H groups in total. The fraction of sp³-hybridized carbons (Fsp3) is 0.381. The topological polar surface area (TPSA) is 72.9 Å². The summed E-state index contributed by atoms with van der Waals surface area (Å²) in [6.07, 6.45) is 3.63. The number of nitrogens with zero attached hydrogens (tertiary/aromatic N) is 1. The molecule has 0 amide bonds. The van der Waals surface area contributed by atoms with Gasteiger partial charge in [-0.05, 0) is 37.1 Å². The molecule has 0 aliphatic carbocycles. The van der Waals surface area contributed by atoms with Gasteiger partial charge in [0.05, 0.1) is 12.0 Å². The van der Waals surface area contributed by atoms with Crippen molar-refractivity contribution in [3.05, 3.63) is 59.4 Å². The fourth-order valence-corrected chi connectivity index (χ4v) is 4.82. The highest BCUT2D eigenvalue weighted by Gasteiger charge is 2.27. The first-order chi connectivity index (χ1) is 13.9. The average molecular weight is 421 g/mol. The first-order valence-electron chi connectivity index (χ1n) is 9.52. The van der Waals surface area contributed by atoms with Crippen LogP contribution in [-0.2, 0) is 21.4 Å². The Morgan fingerprint density at radius 1 is 1.07 bits per heavy atom. The Kier molecular flexibility index (Phi) is 6.87. The normalized spacial score (nSPS) is 15.5. The van der Waals surface area contributed by atoms with Crippen LogP contribution in [0.4, 0.5) is 4.39 Å². The third-order valence-corrected chi connectivity index (χ3v) is 6.80. The molecule has 0 spiro atoms. The van der Waals surface area contributed by atoms with Crippen molar-refractivity contribution in [2.45, 2.75) is 37.2 Å². The smallest absolute Gasteiger partial charge is 0.342 e. The van der Waals surface area contributed by atoms with Gasteiger partial charge in [-0.1, -0.05) is 31.0 Å². The minimum absolute atomic E-state index is 0.0121. The molecule has 0 atom stereocenters. The SMILES string of the molecule is COc1ccc(S(=O)(=O)N2CCCCCC2)cc1C(=O)OCc1ccccc1F. The second-order valence-corrected chi connectivity index (χ2v) is 8.79. The molecule has 29 heavy (non-hydrogen) atoms. The lowest BCUT2D eigenvalue weighted by atomic mass is 10.2. The maximum atomic E-state index is 13.7. The average Bonchev–Trinajstić information content (AvgIpc) is 3.02. The maximum Gasteiger partial charge on any atom is 0.342 e. The molecule has 0 aromatic heterocycles. The quantitative estimate of drug-likeness (QED) is 0.664. The van der Waals surface area contributed by atoms with E-state index in [-0.39, 0.29) is 28.4 Å². The predicted molar refractivity (Wildman–Crippen MR) is 106 cm³/mol. The Bertz CT molecular complexity index is 969. The van der Waals surface area contributed by atoms with E-state index in [1.165, 1.54) is 41.7 Å². The number of benzene rings is 2. The Labute approximate surface area is 170 Å². The van der Waals surface area contributed by atoms with Crippen LogP contribution in [0.25, 0.3) is 0 Å². The highest BCUT2D eigenvalue weighted by molar-refractivity contribution is 7.89. The standard InChI is InChI=1S/C21H24FNO5S/c1-27-20-11-10-17(29(25,26)23-12-6-2-3-7-13-23)14-18(20)21(24)28-15-16-8-4-5-9-19(16)22/h4-5,8-11,14H,2-3,6-7,12-13,15H2,1H3. The van der Waals surface area contributed by atoms with E-state index < -0.39 is 21.8 Å². The van der Waals surface area contributed by atoms with Crippen LogP contribution in [0.1, 0.15) is 41.6 Å². The number of hydrogen-bond acceptors (Lipinski definition) is 5. The third-order valence-electron chi connectivity index (χ3n) is 4.91. The van der Waals surface area contributed by atoms with Gasteiger partial charge in [0, 0.05) is 18.7 Å². The summed E-state index contributed by atoms with van der Waals surface area (Å²) in [7, 11) is -2.35. The summed E-state index contributed by atoms with van der Waals surface area (Å²) in [6, 6.07) is 10.1. The maximum absolute atomic E-state index is 13.7. The number of carbonyl (C=O) groups excluding carboxylic acids is 1. The van der Waals surface area contributed by atoms with Gasteiger partial charge in [-0.3, -0.25) is 0 Å². The zero-order valence-electron chi connectivity index (χ0n) is 16.3. The largest absolute Gasteiger partial charge is 0.496 e. The monoisotopic (exact) mass is 421 g/mol. The molecule has 2 aromatic rings. The van der Waals surface area contributed by atoms with E-state index in [4.69, 9.17) is 9.47 Å². The van der Waals surface area contributed by atoms with Crippen molar-refractivity contribution < 1.29 is 27.1 Å². The summed E-state index contributed by atoms with van der Waals surface area (Å²) in [5.74, 6) is -1.07. The van der Waals surface area contributed by atoms with Crippen molar-refractivity contribution in [3.63, 3.8) is 0 Å². The molecule has 0 bridgehead atoms. The fourth-order valence-electron chi connectivity index (χ4n) is 3.27. The second kappa shape index (κ2) is 9.37. The van der Waals surface area contributed by atoms with E-state index in [1.807, 2.05) is 0 Å². The van der Waals surface area contributed by atoms with Gasteiger partial charge < -0.3 is 9.47 Å². The first-order valence-corrected chi connectivity index (χ1v) is 11.0. The number of carbonyl (C=O) groups is 1. The Morgan fingerprint density at radius 3 is 2.41 bits per heavy atom. The molecule has 1 aliphatic heterocycles. The molecule has 1 heterocycles. The van der Waals surface area contributed by atoms with Crippen LogP contribution < -0.4 is 4.74 Å². The van der Waals surface area contributed by atoms with E-state index in [0.29, 0.717) is 13.1 Å². The summed E-state index contributed by atoms with van der Waals surface area (Å²) in [4.78, 5) is 12.6. The summed E-state index contributed by atoms with van der Waals surface area (Å²) >= 11 is 0.